The molecule has 1 aromatic carbocycles. The Morgan fingerprint density at radius 2 is 2.04 bits per heavy atom. The number of carbonyl (C=O) groups is 1. The number of aryl methyl sites for hydroxylation is 1. The van der Waals surface area contributed by atoms with Crippen molar-refractivity contribution in [3.8, 4) is 0 Å². The van der Waals surface area contributed by atoms with Crippen molar-refractivity contribution in [3.05, 3.63) is 35.7 Å². The minimum atomic E-state index is -0.181. The van der Waals surface area contributed by atoms with Crippen molar-refractivity contribution in [1.82, 2.24) is 14.8 Å². The van der Waals surface area contributed by atoms with Gasteiger partial charge in [0.2, 0.25) is 5.91 Å². The van der Waals surface area contributed by atoms with E-state index in [0.29, 0.717) is 6.04 Å². The smallest absolute Gasteiger partial charge is 0.240 e. The molecule has 0 radical (unpaired) electrons. The predicted molar refractivity (Wildman–Crippen MR) is 95.4 cm³/mol. The molecule has 0 bridgehead atoms. The van der Waals surface area contributed by atoms with E-state index in [1.54, 1.807) is 0 Å². The number of rotatable bonds is 4. The first kappa shape index (κ1) is 15.7. The van der Waals surface area contributed by atoms with E-state index in [9.17, 15) is 4.79 Å². The molecule has 0 spiro atoms. The van der Waals surface area contributed by atoms with E-state index in [2.05, 4.69) is 27.8 Å². The molecule has 1 aliphatic carbocycles. The number of para-hydroxylation sites is 1. The quantitative estimate of drug-likeness (QED) is 0.799. The lowest BCUT2D eigenvalue weighted by atomic mass is 10.1. The monoisotopic (exact) mass is 342 g/mol. The average molecular weight is 342 g/mol. The van der Waals surface area contributed by atoms with Crippen molar-refractivity contribution in [3.63, 3.8) is 0 Å². The highest BCUT2D eigenvalue weighted by atomic mass is 32.2. The molecule has 1 fully saturated rings. The van der Waals surface area contributed by atoms with Crippen molar-refractivity contribution >= 4 is 23.4 Å². The van der Waals surface area contributed by atoms with E-state index in [0.717, 1.165) is 23.1 Å². The van der Waals surface area contributed by atoms with Crippen LogP contribution in [-0.2, 0) is 11.2 Å². The third-order valence-electron chi connectivity index (χ3n) is 4.82. The molecule has 2 aliphatic rings. The normalized spacial score (nSPS) is 21.0. The maximum Gasteiger partial charge on any atom is 0.240 e. The maximum atomic E-state index is 13.1. The molecule has 24 heavy (non-hydrogen) atoms. The summed E-state index contributed by atoms with van der Waals surface area (Å²) in [7, 11) is 0. The molecule has 1 amide bonds. The summed E-state index contributed by atoms with van der Waals surface area (Å²) in [5, 5.41) is 9.19. The van der Waals surface area contributed by atoms with Gasteiger partial charge in [0.25, 0.3) is 0 Å². The number of amides is 1. The molecule has 1 saturated carbocycles. The lowest BCUT2D eigenvalue weighted by molar-refractivity contribution is -0.118. The van der Waals surface area contributed by atoms with Gasteiger partial charge in [-0.15, -0.1) is 10.2 Å². The number of nitrogens with zero attached hydrogens (tertiary/aromatic N) is 4. The van der Waals surface area contributed by atoms with Gasteiger partial charge in [0, 0.05) is 17.8 Å². The van der Waals surface area contributed by atoms with E-state index >= 15 is 0 Å². The lowest BCUT2D eigenvalue weighted by Gasteiger charge is -2.25. The first-order valence-corrected chi connectivity index (χ1v) is 9.43. The Kier molecular flexibility index (Phi) is 3.87. The zero-order valence-corrected chi connectivity index (χ0v) is 15.1. The number of benzene rings is 1. The number of thioether (sulfide) groups is 1. The standard InChI is InChI=1S/C18H22N4OS/c1-11-10-14-6-4-5-7-16(14)21(11)17(23)12(2)24-18-20-19-13(3)22(18)15-8-9-15/h4-7,11-12,15H,8-10H2,1-3H3/t11-,12-/m0/s1. The Balaban J connectivity index is 1.55. The number of aromatic nitrogens is 3. The summed E-state index contributed by atoms with van der Waals surface area (Å²) in [6.45, 7) is 6.08. The first-order chi connectivity index (χ1) is 11.6. The third kappa shape index (κ3) is 2.62. The SMILES string of the molecule is Cc1nnc(S[C@@H](C)C(=O)N2c3ccccc3C[C@@H]2C)n1C1CC1. The molecule has 0 saturated heterocycles. The minimum absolute atomic E-state index is 0.153. The van der Waals surface area contributed by atoms with Gasteiger partial charge < -0.3 is 9.47 Å². The van der Waals surface area contributed by atoms with Crippen molar-refractivity contribution in [2.24, 2.45) is 0 Å². The number of fused-ring (bicyclic) bond motifs is 1. The molecule has 0 N–H and O–H groups in total. The Morgan fingerprint density at radius 1 is 1.29 bits per heavy atom. The van der Waals surface area contributed by atoms with Crippen LogP contribution in [0.15, 0.2) is 29.4 Å². The summed E-state index contributed by atoms with van der Waals surface area (Å²) in [6, 6.07) is 8.94. The van der Waals surface area contributed by atoms with Crippen LogP contribution in [0.2, 0.25) is 0 Å². The Morgan fingerprint density at radius 3 is 2.79 bits per heavy atom. The van der Waals surface area contributed by atoms with Gasteiger partial charge in [-0.3, -0.25) is 4.79 Å². The van der Waals surface area contributed by atoms with Gasteiger partial charge in [-0.2, -0.15) is 0 Å². The van der Waals surface area contributed by atoms with Crippen molar-refractivity contribution in [2.45, 2.75) is 62.5 Å². The maximum absolute atomic E-state index is 13.1. The fraction of sp³-hybridized carbons (Fsp3) is 0.500. The second-order valence-electron chi connectivity index (χ2n) is 6.78. The zero-order valence-electron chi connectivity index (χ0n) is 14.3. The van der Waals surface area contributed by atoms with Crippen LogP contribution in [-0.4, -0.2) is 32.0 Å². The number of hydrogen-bond donors (Lipinski definition) is 0. The summed E-state index contributed by atoms with van der Waals surface area (Å²) in [6.07, 6.45) is 3.30. The molecule has 1 aromatic heterocycles. The third-order valence-corrected chi connectivity index (χ3v) is 5.87. The van der Waals surface area contributed by atoms with Gasteiger partial charge in [0.15, 0.2) is 5.16 Å². The van der Waals surface area contributed by atoms with Crippen molar-refractivity contribution < 1.29 is 4.79 Å². The van der Waals surface area contributed by atoms with Crippen LogP contribution in [0.3, 0.4) is 0 Å². The van der Waals surface area contributed by atoms with E-state index in [1.807, 2.05) is 36.9 Å². The summed E-state index contributed by atoms with van der Waals surface area (Å²) in [5.74, 6) is 1.10. The highest BCUT2D eigenvalue weighted by Crippen LogP contribution is 2.40. The van der Waals surface area contributed by atoms with Gasteiger partial charge >= 0.3 is 0 Å². The van der Waals surface area contributed by atoms with Gasteiger partial charge in [-0.1, -0.05) is 30.0 Å². The van der Waals surface area contributed by atoms with Gasteiger partial charge in [0.1, 0.15) is 5.82 Å². The van der Waals surface area contributed by atoms with Gasteiger partial charge in [0.05, 0.1) is 5.25 Å². The van der Waals surface area contributed by atoms with E-state index < -0.39 is 0 Å². The van der Waals surface area contributed by atoms with E-state index in [1.165, 1.54) is 30.2 Å². The molecule has 5 nitrogen and oxygen atoms in total. The van der Waals surface area contributed by atoms with Crippen molar-refractivity contribution in [1.29, 1.82) is 0 Å². The minimum Gasteiger partial charge on any atom is -0.308 e. The van der Waals surface area contributed by atoms with Crippen molar-refractivity contribution in [2.75, 3.05) is 4.90 Å². The molecule has 6 heteroatoms. The molecular weight excluding hydrogens is 320 g/mol. The number of anilines is 1. The number of carbonyl (C=O) groups excluding carboxylic acids is 1. The molecule has 1 aliphatic heterocycles. The van der Waals surface area contributed by atoms with Crippen LogP contribution in [0.25, 0.3) is 0 Å². The Hall–Kier alpha value is -1.82. The summed E-state index contributed by atoms with van der Waals surface area (Å²) >= 11 is 1.53. The summed E-state index contributed by atoms with van der Waals surface area (Å²) in [4.78, 5) is 15.0. The van der Waals surface area contributed by atoms with Crippen LogP contribution < -0.4 is 4.90 Å². The molecule has 126 valence electrons. The topological polar surface area (TPSA) is 51.0 Å². The fourth-order valence-corrected chi connectivity index (χ4v) is 4.50. The predicted octanol–water partition coefficient (Wildman–Crippen LogP) is 3.38. The molecule has 4 rings (SSSR count). The average Bonchev–Trinajstić information content (AvgIpc) is 3.24. The molecule has 2 aromatic rings. The van der Waals surface area contributed by atoms with Crippen LogP contribution >= 0.6 is 11.8 Å². The Labute approximate surface area is 146 Å². The highest BCUT2D eigenvalue weighted by molar-refractivity contribution is 8.00. The molecule has 2 atom stereocenters. The Bertz CT molecular complexity index is 783. The molecule has 0 unspecified atom stereocenters. The van der Waals surface area contributed by atoms with Crippen LogP contribution in [0.4, 0.5) is 5.69 Å². The fourth-order valence-electron chi connectivity index (χ4n) is 3.49. The second-order valence-corrected chi connectivity index (χ2v) is 8.09. The van der Waals surface area contributed by atoms with E-state index in [-0.39, 0.29) is 17.2 Å². The van der Waals surface area contributed by atoms with Crippen LogP contribution in [0, 0.1) is 6.92 Å². The lowest BCUT2D eigenvalue weighted by Crippen LogP contribution is -2.40. The van der Waals surface area contributed by atoms with Crippen LogP contribution in [0.1, 0.15) is 44.1 Å². The molecular formula is C18H22N4OS. The zero-order chi connectivity index (χ0) is 16.8. The van der Waals surface area contributed by atoms with Gasteiger partial charge in [-0.25, -0.2) is 0 Å². The number of hydrogen-bond acceptors (Lipinski definition) is 4. The highest BCUT2D eigenvalue weighted by Gasteiger charge is 2.35. The van der Waals surface area contributed by atoms with Gasteiger partial charge in [-0.05, 0) is 51.7 Å². The first-order valence-electron chi connectivity index (χ1n) is 8.55. The van der Waals surface area contributed by atoms with E-state index in [4.69, 9.17) is 0 Å². The molecule has 2 heterocycles. The largest absolute Gasteiger partial charge is 0.308 e. The summed E-state index contributed by atoms with van der Waals surface area (Å²) < 4.78 is 2.19. The summed E-state index contributed by atoms with van der Waals surface area (Å²) in [5.41, 5.74) is 2.31. The second kappa shape index (κ2) is 5.92. The van der Waals surface area contributed by atoms with Crippen LogP contribution in [0.5, 0.6) is 0 Å².